The maximum absolute atomic E-state index is 6.26. The third-order valence-corrected chi connectivity index (χ3v) is 4.30. The van der Waals surface area contributed by atoms with E-state index in [1.165, 1.54) is 6.33 Å². The fourth-order valence-electron chi connectivity index (χ4n) is 2.79. The average Bonchev–Trinajstić information content (AvgIpc) is 3.06. The highest BCUT2D eigenvalue weighted by atomic mass is 35.5. The molecule has 0 fully saturated rings. The van der Waals surface area contributed by atoms with Crippen molar-refractivity contribution in [3.05, 3.63) is 65.5 Å². The Morgan fingerprint density at radius 1 is 1.04 bits per heavy atom. The number of ether oxygens (including phenoxy) is 1. The molecule has 0 spiro atoms. The van der Waals surface area contributed by atoms with Gasteiger partial charge in [-0.1, -0.05) is 17.7 Å². The number of nitrogens with zero attached hydrogens (tertiary/aromatic N) is 3. The van der Waals surface area contributed by atoms with Crippen molar-refractivity contribution in [3.8, 4) is 22.8 Å². The number of rotatable bonds is 3. The molecule has 0 aliphatic carbocycles. The Morgan fingerprint density at radius 3 is 2.72 bits per heavy atom. The highest BCUT2D eigenvalue weighted by Crippen LogP contribution is 2.34. The standard InChI is InChI=1S/C19H14ClN3O2/c1-11-9-13(25-19-15-6-8-24-16(15)5-7-21-19)3-4-14(11)17-12(2)22-10-23-18(17)20/h3-10H,1-2H3. The van der Waals surface area contributed by atoms with Gasteiger partial charge in [-0.15, -0.1) is 0 Å². The summed E-state index contributed by atoms with van der Waals surface area (Å²) in [7, 11) is 0. The first-order valence-corrected chi connectivity index (χ1v) is 8.09. The fraction of sp³-hybridized carbons (Fsp3) is 0.105. The SMILES string of the molecule is Cc1cc(Oc2nccc3occc23)ccc1-c1c(C)ncnc1Cl. The van der Waals surface area contributed by atoms with Gasteiger partial charge in [-0.3, -0.25) is 0 Å². The Hall–Kier alpha value is -2.92. The van der Waals surface area contributed by atoms with E-state index < -0.39 is 0 Å². The minimum atomic E-state index is 0.439. The highest BCUT2D eigenvalue weighted by molar-refractivity contribution is 6.32. The summed E-state index contributed by atoms with van der Waals surface area (Å²) in [5.74, 6) is 1.20. The summed E-state index contributed by atoms with van der Waals surface area (Å²) in [6.07, 6.45) is 4.74. The van der Waals surface area contributed by atoms with E-state index in [1.54, 1.807) is 18.5 Å². The number of halogens is 1. The number of pyridine rings is 1. The molecule has 0 saturated carbocycles. The summed E-state index contributed by atoms with van der Waals surface area (Å²) >= 11 is 6.26. The smallest absolute Gasteiger partial charge is 0.230 e. The summed E-state index contributed by atoms with van der Waals surface area (Å²) in [4.78, 5) is 12.6. The van der Waals surface area contributed by atoms with Crippen LogP contribution in [0.1, 0.15) is 11.3 Å². The number of furan rings is 1. The largest absolute Gasteiger partial charge is 0.464 e. The van der Waals surface area contributed by atoms with Crippen molar-refractivity contribution in [1.29, 1.82) is 0 Å². The molecule has 124 valence electrons. The quantitative estimate of drug-likeness (QED) is 0.466. The Morgan fingerprint density at radius 2 is 1.92 bits per heavy atom. The van der Waals surface area contributed by atoms with E-state index in [0.717, 1.165) is 33.4 Å². The van der Waals surface area contributed by atoms with Crippen LogP contribution < -0.4 is 4.74 Å². The number of fused-ring (bicyclic) bond motifs is 1. The maximum atomic E-state index is 6.26. The van der Waals surface area contributed by atoms with Gasteiger partial charge in [-0.2, -0.15) is 0 Å². The third-order valence-electron chi connectivity index (χ3n) is 4.02. The van der Waals surface area contributed by atoms with Gasteiger partial charge in [-0.05, 0) is 49.2 Å². The summed E-state index contributed by atoms with van der Waals surface area (Å²) in [6.45, 7) is 3.91. The van der Waals surface area contributed by atoms with Crippen LogP contribution in [0.4, 0.5) is 0 Å². The van der Waals surface area contributed by atoms with Gasteiger partial charge >= 0.3 is 0 Å². The van der Waals surface area contributed by atoms with Gasteiger partial charge < -0.3 is 9.15 Å². The minimum absolute atomic E-state index is 0.439. The van der Waals surface area contributed by atoms with Crippen LogP contribution in [-0.2, 0) is 0 Å². The van der Waals surface area contributed by atoms with Crippen LogP contribution in [-0.4, -0.2) is 15.0 Å². The zero-order valence-electron chi connectivity index (χ0n) is 13.7. The van der Waals surface area contributed by atoms with E-state index in [0.29, 0.717) is 16.8 Å². The van der Waals surface area contributed by atoms with Crippen LogP contribution in [0.5, 0.6) is 11.6 Å². The first-order valence-electron chi connectivity index (χ1n) is 7.71. The van der Waals surface area contributed by atoms with E-state index >= 15 is 0 Å². The molecule has 6 heteroatoms. The first-order chi connectivity index (χ1) is 12.1. The van der Waals surface area contributed by atoms with Crippen molar-refractivity contribution in [1.82, 2.24) is 15.0 Å². The van der Waals surface area contributed by atoms with Crippen LogP contribution in [0.15, 0.2) is 53.5 Å². The lowest BCUT2D eigenvalue weighted by atomic mass is 10.0. The summed E-state index contributed by atoms with van der Waals surface area (Å²) < 4.78 is 11.3. The third kappa shape index (κ3) is 2.83. The number of benzene rings is 1. The van der Waals surface area contributed by atoms with Gasteiger partial charge in [-0.25, -0.2) is 15.0 Å². The van der Waals surface area contributed by atoms with Crippen molar-refractivity contribution < 1.29 is 9.15 Å². The summed E-state index contributed by atoms with van der Waals surface area (Å²) in [5, 5.41) is 1.27. The molecular weight excluding hydrogens is 338 g/mol. The first kappa shape index (κ1) is 15.6. The van der Waals surface area contributed by atoms with E-state index in [2.05, 4.69) is 15.0 Å². The molecule has 0 atom stereocenters. The molecule has 3 aromatic heterocycles. The summed E-state index contributed by atoms with van der Waals surface area (Å²) in [5.41, 5.74) is 4.40. The van der Waals surface area contributed by atoms with E-state index in [1.807, 2.05) is 38.1 Å². The van der Waals surface area contributed by atoms with E-state index in [4.69, 9.17) is 20.8 Å². The highest BCUT2D eigenvalue weighted by Gasteiger charge is 2.13. The molecule has 0 bridgehead atoms. The second-order valence-electron chi connectivity index (χ2n) is 5.65. The molecule has 0 saturated heterocycles. The molecule has 4 aromatic rings. The Kier molecular flexibility index (Phi) is 3.86. The molecule has 0 aliphatic rings. The lowest BCUT2D eigenvalue weighted by Gasteiger charge is -2.12. The molecule has 0 unspecified atom stereocenters. The molecule has 4 rings (SSSR count). The molecule has 5 nitrogen and oxygen atoms in total. The number of hydrogen-bond donors (Lipinski definition) is 0. The number of hydrogen-bond acceptors (Lipinski definition) is 5. The Balaban J connectivity index is 1.72. The van der Waals surface area contributed by atoms with E-state index in [-0.39, 0.29) is 0 Å². The van der Waals surface area contributed by atoms with Gasteiger partial charge in [0.05, 0.1) is 17.3 Å². The molecule has 0 amide bonds. The van der Waals surface area contributed by atoms with Crippen LogP contribution in [0, 0.1) is 13.8 Å². The topological polar surface area (TPSA) is 61.0 Å². The second-order valence-corrected chi connectivity index (χ2v) is 6.01. The summed E-state index contributed by atoms with van der Waals surface area (Å²) in [6, 6.07) is 9.42. The normalized spacial score (nSPS) is 11.0. The van der Waals surface area contributed by atoms with Gasteiger partial charge in [0.25, 0.3) is 0 Å². The van der Waals surface area contributed by atoms with E-state index in [9.17, 15) is 0 Å². The number of aromatic nitrogens is 3. The van der Waals surface area contributed by atoms with Crippen molar-refractivity contribution in [2.75, 3.05) is 0 Å². The van der Waals surface area contributed by atoms with Crippen LogP contribution in [0.2, 0.25) is 5.15 Å². The zero-order valence-corrected chi connectivity index (χ0v) is 14.4. The maximum Gasteiger partial charge on any atom is 0.230 e. The van der Waals surface area contributed by atoms with Gasteiger partial charge in [0.1, 0.15) is 22.8 Å². The average molecular weight is 352 g/mol. The number of aryl methyl sites for hydroxylation is 2. The monoisotopic (exact) mass is 351 g/mol. The molecule has 0 aliphatic heterocycles. The molecule has 0 N–H and O–H groups in total. The second kappa shape index (κ2) is 6.18. The molecule has 3 heterocycles. The van der Waals surface area contributed by atoms with Crippen molar-refractivity contribution >= 4 is 22.6 Å². The fourth-order valence-corrected chi connectivity index (χ4v) is 3.07. The predicted molar refractivity (Wildman–Crippen MR) is 96.0 cm³/mol. The molecule has 1 aromatic carbocycles. The molecule has 0 radical (unpaired) electrons. The van der Waals surface area contributed by atoms with Crippen molar-refractivity contribution in [2.45, 2.75) is 13.8 Å². The Labute approximate surface area is 149 Å². The molecule has 25 heavy (non-hydrogen) atoms. The van der Waals surface area contributed by atoms with Gasteiger partial charge in [0, 0.05) is 11.8 Å². The lowest BCUT2D eigenvalue weighted by Crippen LogP contribution is -1.95. The van der Waals surface area contributed by atoms with Crippen molar-refractivity contribution in [3.63, 3.8) is 0 Å². The van der Waals surface area contributed by atoms with Crippen LogP contribution in [0.3, 0.4) is 0 Å². The van der Waals surface area contributed by atoms with Crippen LogP contribution >= 0.6 is 11.6 Å². The van der Waals surface area contributed by atoms with Crippen molar-refractivity contribution in [2.24, 2.45) is 0 Å². The Bertz CT molecular complexity index is 1060. The minimum Gasteiger partial charge on any atom is -0.464 e. The molecular formula is C19H14ClN3O2. The zero-order chi connectivity index (χ0) is 17.4. The lowest BCUT2D eigenvalue weighted by molar-refractivity contribution is 0.468. The van der Waals surface area contributed by atoms with Gasteiger partial charge in [0.2, 0.25) is 5.88 Å². The predicted octanol–water partition coefficient (Wildman–Crippen LogP) is 5.35. The van der Waals surface area contributed by atoms with Crippen LogP contribution in [0.25, 0.3) is 22.1 Å². The van der Waals surface area contributed by atoms with Gasteiger partial charge in [0.15, 0.2) is 0 Å².